The van der Waals surface area contributed by atoms with E-state index in [-0.39, 0.29) is 35.4 Å². The Kier molecular flexibility index (Phi) is 6.84. The van der Waals surface area contributed by atoms with Gasteiger partial charge < -0.3 is 4.90 Å². The van der Waals surface area contributed by atoms with Crippen molar-refractivity contribution in [3.8, 4) is 0 Å². The second kappa shape index (κ2) is 8.85. The minimum absolute atomic E-state index is 0.0121. The first-order valence-electron chi connectivity index (χ1n) is 9.74. The van der Waals surface area contributed by atoms with E-state index >= 15 is 0 Å². The molecule has 3 rings (SSSR count). The van der Waals surface area contributed by atoms with Crippen LogP contribution in [0, 0.1) is 0 Å². The van der Waals surface area contributed by atoms with Crippen LogP contribution in [0.25, 0.3) is 0 Å². The first-order valence-corrected chi connectivity index (χ1v) is 12.2. The summed E-state index contributed by atoms with van der Waals surface area (Å²) in [5, 5.41) is 0.166. The van der Waals surface area contributed by atoms with Crippen LogP contribution in [0.5, 0.6) is 0 Å². The van der Waals surface area contributed by atoms with E-state index in [9.17, 15) is 26.4 Å². The summed E-state index contributed by atoms with van der Waals surface area (Å²) in [5.74, 6) is -0.454. The van der Waals surface area contributed by atoms with Crippen LogP contribution in [0.3, 0.4) is 0 Å². The van der Waals surface area contributed by atoms with Crippen molar-refractivity contribution >= 4 is 33.4 Å². The molecular formula is C19H25F3N2O3S2. The third-order valence-corrected chi connectivity index (χ3v) is 8.41. The highest BCUT2D eigenvalue weighted by Gasteiger charge is 2.33. The van der Waals surface area contributed by atoms with Crippen LogP contribution in [0.2, 0.25) is 0 Å². The highest BCUT2D eigenvalue weighted by Crippen LogP contribution is 2.41. The average molecular weight is 451 g/mol. The predicted molar refractivity (Wildman–Crippen MR) is 108 cm³/mol. The topological polar surface area (TPSA) is 57.7 Å². The number of alkyl halides is 3. The fourth-order valence-electron chi connectivity index (χ4n) is 3.61. The number of thioether (sulfide) groups is 1. The molecule has 2 aliphatic rings. The van der Waals surface area contributed by atoms with Crippen molar-refractivity contribution in [2.75, 3.05) is 30.3 Å². The number of nitrogens with zero attached hydrogens (tertiary/aromatic N) is 2. The first-order chi connectivity index (χ1) is 13.6. The zero-order valence-electron chi connectivity index (χ0n) is 16.2. The largest absolute Gasteiger partial charge is 0.416 e. The third-order valence-electron chi connectivity index (χ3n) is 5.22. The molecule has 10 heteroatoms. The van der Waals surface area contributed by atoms with Crippen LogP contribution >= 0.6 is 11.8 Å². The average Bonchev–Trinajstić information content (AvgIpc) is 3.12. The summed E-state index contributed by atoms with van der Waals surface area (Å²) in [6.45, 7) is 3.33. The summed E-state index contributed by atoms with van der Waals surface area (Å²) >= 11 is 1.45. The molecule has 1 unspecified atom stereocenters. The molecule has 0 spiro atoms. The van der Waals surface area contributed by atoms with Gasteiger partial charge in [0.1, 0.15) is 0 Å². The van der Waals surface area contributed by atoms with Crippen molar-refractivity contribution in [3.63, 3.8) is 0 Å². The molecule has 0 aromatic heterocycles. The molecule has 162 valence electrons. The smallest absolute Gasteiger partial charge is 0.311 e. The van der Waals surface area contributed by atoms with Gasteiger partial charge in [0, 0.05) is 36.2 Å². The maximum atomic E-state index is 13.2. The molecule has 0 radical (unpaired) electrons. The highest BCUT2D eigenvalue weighted by molar-refractivity contribution is 8.00. The fraction of sp³-hybridized carbons (Fsp3) is 0.632. The van der Waals surface area contributed by atoms with E-state index in [2.05, 4.69) is 0 Å². The molecule has 0 N–H and O–H groups in total. The molecule has 0 saturated carbocycles. The Morgan fingerprint density at radius 2 is 1.90 bits per heavy atom. The van der Waals surface area contributed by atoms with E-state index in [1.807, 2.05) is 6.92 Å². The Labute approximate surface area is 173 Å². The number of benzene rings is 1. The van der Waals surface area contributed by atoms with Crippen LogP contribution in [0.4, 0.5) is 18.9 Å². The van der Waals surface area contributed by atoms with Crippen molar-refractivity contribution in [1.29, 1.82) is 0 Å². The summed E-state index contributed by atoms with van der Waals surface area (Å²) in [4.78, 5) is 14.8. The molecule has 2 aliphatic heterocycles. The van der Waals surface area contributed by atoms with Gasteiger partial charge in [0.05, 0.1) is 17.0 Å². The molecule has 29 heavy (non-hydrogen) atoms. The van der Waals surface area contributed by atoms with Crippen LogP contribution < -0.4 is 4.90 Å². The van der Waals surface area contributed by atoms with Crippen molar-refractivity contribution in [2.45, 2.75) is 55.3 Å². The molecule has 1 fully saturated rings. The molecule has 5 nitrogen and oxygen atoms in total. The van der Waals surface area contributed by atoms with Crippen molar-refractivity contribution in [2.24, 2.45) is 0 Å². The Bertz CT molecular complexity index is 853. The van der Waals surface area contributed by atoms with Gasteiger partial charge in [-0.05, 0) is 43.9 Å². The lowest BCUT2D eigenvalue weighted by atomic mass is 10.1. The molecule has 1 saturated heterocycles. The maximum absolute atomic E-state index is 13.2. The quantitative estimate of drug-likeness (QED) is 0.677. The zero-order valence-corrected chi connectivity index (χ0v) is 17.9. The number of carbonyl (C=O) groups is 1. The van der Waals surface area contributed by atoms with E-state index in [0.29, 0.717) is 31.0 Å². The van der Waals surface area contributed by atoms with Crippen LogP contribution in [-0.2, 0) is 21.0 Å². The fourth-order valence-corrected chi connectivity index (χ4v) is 6.28. The molecular weight excluding hydrogens is 425 g/mol. The lowest BCUT2D eigenvalue weighted by molar-refractivity contribution is -0.137. The predicted octanol–water partition coefficient (Wildman–Crippen LogP) is 4.13. The summed E-state index contributed by atoms with van der Waals surface area (Å²) < 4.78 is 65.6. The molecule has 1 aromatic rings. The molecule has 1 amide bonds. The van der Waals surface area contributed by atoms with Crippen molar-refractivity contribution in [3.05, 3.63) is 23.8 Å². The number of hydrogen-bond acceptors (Lipinski definition) is 4. The number of hydrogen-bond donors (Lipinski definition) is 0. The van der Waals surface area contributed by atoms with Gasteiger partial charge in [0.25, 0.3) is 0 Å². The summed E-state index contributed by atoms with van der Waals surface area (Å²) in [6, 6.07) is 3.48. The van der Waals surface area contributed by atoms with Gasteiger partial charge in [-0.25, -0.2) is 12.7 Å². The van der Waals surface area contributed by atoms with Gasteiger partial charge in [-0.3, -0.25) is 4.79 Å². The van der Waals surface area contributed by atoms with Gasteiger partial charge in [-0.2, -0.15) is 13.2 Å². The summed E-state index contributed by atoms with van der Waals surface area (Å²) in [6.07, 6.45) is -2.00. The van der Waals surface area contributed by atoms with Gasteiger partial charge in [-0.15, -0.1) is 11.8 Å². The third kappa shape index (κ3) is 5.46. The second-order valence-electron chi connectivity index (χ2n) is 7.47. The highest BCUT2D eigenvalue weighted by atomic mass is 32.2. The normalized spacial score (nSPS) is 21.1. The van der Waals surface area contributed by atoms with E-state index in [1.54, 1.807) is 0 Å². The number of carbonyl (C=O) groups excluding carboxylic acids is 1. The zero-order chi connectivity index (χ0) is 21.2. The minimum Gasteiger partial charge on any atom is -0.311 e. The van der Waals surface area contributed by atoms with E-state index in [0.717, 1.165) is 25.0 Å². The number of rotatable bonds is 5. The van der Waals surface area contributed by atoms with E-state index in [4.69, 9.17) is 0 Å². The first kappa shape index (κ1) is 22.4. The molecule has 1 atom stereocenters. The van der Waals surface area contributed by atoms with Crippen molar-refractivity contribution in [1.82, 2.24) is 4.31 Å². The monoisotopic (exact) mass is 450 g/mol. The molecule has 2 heterocycles. The Balaban J connectivity index is 1.73. The Morgan fingerprint density at radius 3 is 2.55 bits per heavy atom. The number of amides is 1. The lowest BCUT2D eigenvalue weighted by Gasteiger charge is -2.24. The van der Waals surface area contributed by atoms with Crippen LogP contribution in [-0.4, -0.2) is 49.3 Å². The number of fused-ring (bicyclic) bond motifs is 1. The van der Waals surface area contributed by atoms with Gasteiger partial charge in [0.2, 0.25) is 15.9 Å². The Morgan fingerprint density at radius 1 is 1.21 bits per heavy atom. The second-order valence-corrected chi connectivity index (χ2v) is 11.0. The van der Waals surface area contributed by atoms with E-state index < -0.39 is 21.8 Å². The van der Waals surface area contributed by atoms with E-state index in [1.165, 1.54) is 27.0 Å². The minimum atomic E-state index is -4.49. The lowest BCUT2D eigenvalue weighted by Crippen LogP contribution is -2.34. The number of anilines is 1. The van der Waals surface area contributed by atoms with Crippen LogP contribution in [0.1, 0.15) is 44.6 Å². The summed E-state index contributed by atoms with van der Waals surface area (Å²) in [7, 11) is -3.38. The SMILES string of the molecule is CC1CCN(C(=O)CCCS(=O)(=O)N2CCCC2)c2cc(C(F)(F)F)ccc2S1. The molecule has 0 aliphatic carbocycles. The van der Waals surface area contributed by atoms with Gasteiger partial charge in [-0.1, -0.05) is 6.92 Å². The van der Waals surface area contributed by atoms with Gasteiger partial charge in [0.15, 0.2) is 0 Å². The molecule has 1 aromatic carbocycles. The summed E-state index contributed by atoms with van der Waals surface area (Å²) in [5.41, 5.74) is -0.526. The van der Waals surface area contributed by atoms with Gasteiger partial charge >= 0.3 is 6.18 Å². The standard InChI is InChI=1S/C19H25F3N2O3S2/c1-14-8-11-24(16-13-15(19(20,21)22)6-7-17(16)28-14)18(25)5-4-12-29(26,27)23-9-2-3-10-23/h6-7,13-14H,2-5,8-12H2,1H3. The molecule has 0 bridgehead atoms. The maximum Gasteiger partial charge on any atom is 0.416 e. The Hall–Kier alpha value is -1.26. The van der Waals surface area contributed by atoms with Crippen molar-refractivity contribution < 1.29 is 26.4 Å². The number of halogens is 3. The van der Waals surface area contributed by atoms with Crippen LogP contribution in [0.15, 0.2) is 23.1 Å². The number of sulfonamides is 1.